The number of nitrogens with one attached hydrogen (secondary N) is 4. The number of anilines is 1. The molecule has 108 valence electrons. The molecule has 0 aliphatic rings. The number of carbonyl (C=O) groups excluding carboxylic acids is 1. The molecule has 0 saturated heterocycles. The molecular weight excluding hydrogens is 262 g/mol. The maximum absolute atomic E-state index is 11.5. The van der Waals surface area contributed by atoms with E-state index in [1.807, 2.05) is 0 Å². The smallest absolute Gasteiger partial charge is 0.321 e. The number of rotatable bonds is 2. The van der Waals surface area contributed by atoms with Gasteiger partial charge in [0, 0.05) is 11.6 Å². The van der Waals surface area contributed by atoms with E-state index in [1.54, 1.807) is 26.8 Å². The fourth-order valence-electron chi connectivity index (χ4n) is 1.39. The highest BCUT2D eigenvalue weighted by molar-refractivity contribution is 6.03. The Bertz CT molecular complexity index is 536. The number of benzene rings is 1. The van der Waals surface area contributed by atoms with Gasteiger partial charge in [-0.15, -0.1) is 0 Å². The second-order valence-corrected chi connectivity index (χ2v) is 5.10. The first kappa shape index (κ1) is 15.4. The van der Waals surface area contributed by atoms with Crippen LogP contribution in [-0.2, 0) is 0 Å². The minimum Gasteiger partial charge on any atom is -0.333 e. The van der Waals surface area contributed by atoms with Gasteiger partial charge in [-0.25, -0.2) is 4.79 Å². The number of hydrogen-bond acceptors (Lipinski definition) is 4. The van der Waals surface area contributed by atoms with Crippen LogP contribution in [0.4, 0.5) is 16.2 Å². The molecule has 0 aromatic heterocycles. The molecule has 8 heteroatoms. The Labute approximate surface area is 116 Å². The zero-order chi connectivity index (χ0) is 15.3. The number of carbonyl (C=O) groups is 1. The van der Waals surface area contributed by atoms with Gasteiger partial charge in [-0.3, -0.25) is 20.8 Å². The Morgan fingerprint density at radius 2 is 1.90 bits per heavy atom. The van der Waals surface area contributed by atoms with Crippen molar-refractivity contribution in [1.29, 1.82) is 5.41 Å². The van der Waals surface area contributed by atoms with Crippen molar-refractivity contribution in [2.24, 2.45) is 0 Å². The van der Waals surface area contributed by atoms with Gasteiger partial charge in [0.05, 0.1) is 4.92 Å². The van der Waals surface area contributed by atoms with Crippen LogP contribution in [-0.4, -0.2) is 22.5 Å². The summed E-state index contributed by atoms with van der Waals surface area (Å²) in [6.45, 7) is 5.39. The normalized spacial score (nSPS) is 10.6. The molecule has 4 N–H and O–H groups in total. The molecule has 0 spiro atoms. The molecule has 1 rings (SSSR count). The van der Waals surface area contributed by atoms with Gasteiger partial charge in [0.2, 0.25) is 5.96 Å². The predicted octanol–water partition coefficient (Wildman–Crippen LogP) is 2.04. The fourth-order valence-corrected chi connectivity index (χ4v) is 1.39. The topological polar surface area (TPSA) is 120 Å². The lowest BCUT2D eigenvalue weighted by atomic mass is 10.1. The van der Waals surface area contributed by atoms with Crippen molar-refractivity contribution in [1.82, 2.24) is 10.6 Å². The largest absolute Gasteiger partial charge is 0.333 e. The van der Waals surface area contributed by atoms with Crippen molar-refractivity contribution >= 4 is 23.4 Å². The van der Waals surface area contributed by atoms with Gasteiger partial charge in [-0.05, 0) is 26.8 Å². The Morgan fingerprint density at radius 3 is 2.45 bits per heavy atom. The monoisotopic (exact) mass is 279 g/mol. The highest BCUT2D eigenvalue weighted by Gasteiger charge is 2.16. The molecule has 8 nitrogen and oxygen atoms in total. The summed E-state index contributed by atoms with van der Waals surface area (Å²) in [6.07, 6.45) is 0. The Balaban J connectivity index is 2.68. The van der Waals surface area contributed by atoms with Gasteiger partial charge in [-0.2, -0.15) is 0 Å². The summed E-state index contributed by atoms with van der Waals surface area (Å²) in [6, 6.07) is 5.32. The number of urea groups is 1. The van der Waals surface area contributed by atoms with E-state index in [-0.39, 0.29) is 17.3 Å². The third-order valence-electron chi connectivity index (χ3n) is 2.09. The number of para-hydroxylation sites is 2. The van der Waals surface area contributed by atoms with E-state index in [9.17, 15) is 14.9 Å². The second kappa shape index (κ2) is 6.00. The van der Waals surface area contributed by atoms with E-state index in [2.05, 4.69) is 16.0 Å². The molecule has 0 heterocycles. The van der Waals surface area contributed by atoms with Gasteiger partial charge in [0.15, 0.2) is 0 Å². The van der Waals surface area contributed by atoms with Crippen molar-refractivity contribution in [3.8, 4) is 0 Å². The molecule has 0 atom stereocenters. The molecule has 20 heavy (non-hydrogen) atoms. The zero-order valence-electron chi connectivity index (χ0n) is 11.5. The molecule has 0 fully saturated rings. The molecule has 0 bridgehead atoms. The third kappa shape index (κ3) is 4.92. The fraction of sp³-hybridized carbons (Fsp3) is 0.333. The van der Waals surface area contributed by atoms with Crippen LogP contribution < -0.4 is 16.0 Å². The highest BCUT2D eigenvalue weighted by atomic mass is 16.6. The van der Waals surface area contributed by atoms with Crippen molar-refractivity contribution < 1.29 is 9.72 Å². The third-order valence-corrected chi connectivity index (χ3v) is 2.09. The van der Waals surface area contributed by atoms with E-state index in [1.165, 1.54) is 18.2 Å². The molecule has 0 unspecified atom stereocenters. The van der Waals surface area contributed by atoms with Gasteiger partial charge >= 0.3 is 6.03 Å². The summed E-state index contributed by atoms with van der Waals surface area (Å²) < 4.78 is 0. The molecule has 0 radical (unpaired) electrons. The van der Waals surface area contributed by atoms with Crippen molar-refractivity contribution in [2.45, 2.75) is 26.3 Å². The maximum Gasteiger partial charge on any atom is 0.321 e. The van der Waals surface area contributed by atoms with Crippen LogP contribution in [0.2, 0.25) is 0 Å². The van der Waals surface area contributed by atoms with Crippen molar-refractivity contribution in [3.63, 3.8) is 0 Å². The first-order valence-corrected chi connectivity index (χ1v) is 5.87. The minimum absolute atomic E-state index is 0.138. The van der Waals surface area contributed by atoms with E-state index >= 15 is 0 Å². The van der Waals surface area contributed by atoms with Crippen LogP contribution in [0.25, 0.3) is 0 Å². The number of hydrogen-bond donors (Lipinski definition) is 4. The molecular formula is C12H17N5O3. The van der Waals surface area contributed by atoms with Crippen LogP contribution in [0.1, 0.15) is 20.8 Å². The number of nitro groups is 1. The lowest BCUT2D eigenvalue weighted by Crippen LogP contribution is -2.49. The van der Waals surface area contributed by atoms with Crippen LogP contribution in [0.15, 0.2) is 24.3 Å². The minimum atomic E-state index is -0.565. The molecule has 0 aliphatic carbocycles. The number of guanidine groups is 1. The van der Waals surface area contributed by atoms with Crippen LogP contribution >= 0.6 is 0 Å². The standard InChI is InChI=1S/C12H17N5O3/c1-12(2,3)16-11(18)15-10(13)14-8-6-4-5-7-9(8)17(19)20/h4-7H,1-3H3,(H4,13,14,15,16,18). The molecule has 2 amide bonds. The summed E-state index contributed by atoms with van der Waals surface area (Å²) in [5.74, 6) is -0.346. The predicted molar refractivity (Wildman–Crippen MR) is 75.9 cm³/mol. The molecule has 1 aromatic carbocycles. The average Bonchev–Trinajstić information content (AvgIpc) is 2.26. The summed E-state index contributed by atoms with van der Waals surface area (Å²) in [5.41, 5.74) is -0.475. The lowest BCUT2D eigenvalue weighted by Gasteiger charge is -2.21. The van der Waals surface area contributed by atoms with Crippen LogP contribution in [0.5, 0.6) is 0 Å². The van der Waals surface area contributed by atoms with Gasteiger partial charge in [-0.1, -0.05) is 12.1 Å². The van der Waals surface area contributed by atoms with E-state index < -0.39 is 16.5 Å². The lowest BCUT2D eigenvalue weighted by molar-refractivity contribution is -0.383. The molecule has 1 aromatic rings. The first-order chi connectivity index (χ1) is 9.19. The van der Waals surface area contributed by atoms with Crippen molar-refractivity contribution in [3.05, 3.63) is 34.4 Å². The highest BCUT2D eigenvalue weighted by Crippen LogP contribution is 2.22. The van der Waals surface area contributed by atoms with Crippen LogP contribution in [0.3, 0.4) is 0 Å². The Hall–Kier alpha value is -2.64. The number of nitrogens with zero attached hydrogens (tertiary/aromatic N) is 1. The Kier molecular flexibility index (Phi) is 4.63. The average molecular weight is 279 g/mol. The number of nitro benzene ring substituents is 1. The van der Waals surface area contributed by atoms with E-state index in [0.717, 1.165) is 0 Å². The summed E-state index contributed by atoms with van der Waals surface area (Å²) in [4.78, 5) is 21.8. The summed E-state index contributed by atoms with van der Waals surface area (Å²) in [5, 5.41) is 25.7. The van der Waals surface area contributed by atoms with Crippen LogP contribution in [0, 0.1) is 15.5 Å². The summed E-state index contributed by atoms with van der Waals surface area (Å²) >= 11 is 0. The zero-order valence-corrected chi connectivity index (χ0v) is 11.5. The molecule has 0 aliphatic heterocycles. The second-order valence-electron chi connectivity index (χ2n) is 5.10. The van der Waals surface area contributed by atoms with E-state index in [0.29, 0.717) is 0 Å². The van der Waals surface area contributed by atoms with E-state index in [4.69, 9.17) is 5.41 Å². The van der Waals surface area contributed by atoms with Gasteiger partial charge in [0.1, 0.15) is 5.69 Å². The Morgan fingerprint density at radius 1 is 1.30 bits per heavy atom. The molecule has 0 saturated carbocycles. The summed E-state index contributed by atoms with van der Waals surface area (Å²) in [7, 11) is 0. The SMILES string of the molecule is CC(C)(C)NC(=O)NC(=N)Nc1ccccc1[N+](=O)[O-]. The first-order valence-electron chi connectivity index (χ1n) is 5.87. The van der Waals surface area contributed by atoms with Crippen molar-refractivity contribution in [2.75, 3.05) is 5.32 Å². The van der Waals surface area contributed by atoms with Gasteiger partial charge in [0.25, 0.3) is 5.69 Å². The maximum atomic E-state index is 11.5. The quantitative estimate of drug-likeness (QED) is 0.286. The van der Waals surface area contributed by atoms with Gasteiger partial charge < -0.3 is 10.6 Å². The number of amides is 2.